The van der Waals surface area contributed by atoms with Crippen LogP contribution < -0.4 is 0 Å². The summed E-state index contributed by atoms with van der Waals surface area (Å²) in [7, 11) is -5.16. The van der Waals surface area contributed by atoms with Gasteiger partial charge in [0.15, 0.2) is 9.84 Å². The van der Waals surface area contributed by atoms with Crippen LogP contribution in [-0.2, 0) is 33.5 Å². The van der Waals surface area contributed by atoms with E-state index in [4.69, 9.17) is 5.11 Å². The molecule has 1 fully saturated rings. The fourth-order valence-corrected chi connectivity index (χ4v) is 4.93. The summed E-state index contributed by atoms with van der Waals surface area (Å²) in [6, 6.07) is 1.40. The third-order valence-electron chi connectivity index (χ3n) is 3.19. The van der Waals surface area contributed by atoms with Crippen LogP contribution in [-0.4, -0.2) is 55.4 Å². The first-order chi connectivity index (χ1) is 8.76. The van der Waals surface area contributed by atoms with Crippen LogP contribution in [0.1, 0.15) is 5.69 Å². The highest BCUT2D eigenvalue weighted by Gasteiger charge is 2.31. The quantitative estimate of drug-likeness (QED) is 0.767. The van der Waals surface area contributed by atoms with Crippen LogP contribution >= 0.6 is 0 Å². The van der Waals surface area contributed by atoms with Crippen molar-refractivity contribution in [2.24, 2.45) is 7.05 Å². The van der Waals surface area contributed by atoms with Gasteiger partial charge in [0.25, 0.3) is 0 Å². The fraction of sp³-hybridized carbons (Fsp3) is 0.600. The Morgan fingerprint density at radius 3 is 2.37 bits per heavy atom. The highest BCUT2D eigenvalue weighted by molar-refractivity contribution is 7.92. The Kier molecular flexibility index (Phi) is 3.74. The lowest BCUT2D eigenvalue weighted by Crippen LogP contribution is -2.43. The van der Waals surface area contributed by atoms with E-state index in [1.54, 1.807) is 7.05 Å². The first kappa shape index (κ1) is 14.5. The maximum absolute atomic E-state index is 12.3. The zero-order valence-corrected chi connectivity index (χ0v) is 12.1. The highest BCUT2D eigenvalue weighted by atomic mass is 32.2. The monoisotopic (exact) mass is 308 g/mol. The van der Waals surface area contributed by atoms with E-state index in [-0.39, 0.29) is 36.1 Å². The molecule has 0 spiro atoms. The molecule has 0 aromatic carbocycles. The molecule has 0 unspecified atom stereocenters. The molecule has 0 amide bonds. The first-order valence-electron chi connectivity index (χ1n) is 5.73. The van der Waals surface area contributed by atoms with Crippen LogP contribution in [0.2, 0.25) is 0 Å². The van der Waals surface area contributed by atoms with Crippen LogP contribution in [0.25, 0.3) is 0 Å². The molecule has 0 atom stereocenters. The van der Waals surface area contributed by atoms with Gasteiger partial charge in [-0.15, -0.1) is 0 Å². The molecule has 9 heteroatoms. The Morgan fingerprint density at radius 2 is 1.89 bits per heavy atom. The Morgan fingerprint density at radius 1 is 1.32 bits per heavy atom. The average molecular weight is 308 g/mol. The predicted octanol–water partition coefficient (Wildman–Crippen LogP) is -1.06. The SMILES string of the molecule is Cn1cc(S(=O)(=O)N2CCS(=O)(=O)CC2)cc1CO. The summed E-state index contributed by atoms with van der Waals surface area (Å²) in [6.07, 6.45) is 1.42. The maximum Gasteiger partial charge on any atom is 0.244 e. The third-order valence-corrected chi connectivity index (χ3v) is 6.66. The van der Waals surface area contributed by atoms with Gasteiger partial charge in [0.05, 0.1) is 18.1 Å². The van der Waals surface area contributed by atoms with Crippen LogP contribution in [0, 0.1) is 0 Å². The van der Waals surface area contributed by atoms with E-state index in [2.05, 4.69) is 0 Å². The molecular formula is C10H16N2O5S2. The molecule has 0 radical (unpaired) electrons. The van der Waals surface area contributed by atoms with Crippen molar-refractivity contribution in [3.05, 3.63) is 18.0 Å². The molecule has 1 aliphatic rings. The Balaban J connectivity index is 2.28. The molecule has 7 nitrogen and oxygen atoms in total. The van der Waals surface area contributed by atoms with Crippen LogP contribution in [0.5, 0.6) is 0 Å². The number of nitrogens with zero attached hydrogens (tertiary/aromatic N) is 2. The van der Waals surface area contributed by atoms with E-state index in [0.717, 1.165) is 0 Å². The summed E-state index contributed by atoms with van der Waals surface area (Å²) in [5.74, 6) is -0.294. The number of aliphatic hydroxyl groups excluding tert-OH is 1. The molecule has 1 N–H and O–H groups in total. The molecule has 1 aliphatic heterocycles. The van der Waals surface area contributed by atoms with Crippen LogP contribution in [0.15, 0.2) is 17.2 Å². The van der Waals surface area contributed by atoms with Gasteiger partial charge in [-0.25, -0.2) is 16.8 Å². The molecule has 0 saturated carbocycles. The molecule has 2 heterocycles. The second-order valence-corrected chi connectivity index (χ2v) is 8.73. The molecular weight excluding hydrogens is 292 g/mol. The summed E-state index contributed by atoms with van der Waals surface area (Å²) >= 11 is 0. The molecule has 0 bridgehead atoms. The van der Waals surface area contributed by atoms with Crippen molar-refractivity contribution >= 4 is 19.9 Å². The number of hydrogen-bond donors (Lipinski definition) is 1. The predicted molar refractivity (Wildman–Crippen MR) is 68.7 cm³/mol. The van der Waals surface area contributed by atoms with Gasteiger partial charge in [-0.3, -0.25) is 0 Å². The molecule has 108 valence electrons. The minimum Gasteiger partial charge on any atom is -0.390 e. The Labute approximate surface area is 112 Å². The van der Waals surface area contributed by atoms with E-state index in [1.807, 2.05) is 0 Å². The first-order valence-corrected chi connectivity index (χ1v) is 8.99. The smallest absolute Gasteiger partial charge is 0.244 e. The highest BCUT2D eigenvalue weighted by Crippen LogP contribution is 2.20. The minimum absolute atomic E-state index is 0.0198. The second kappa shape index (κ2) is 4.89. The Bertz CT molecular complexity index is 661. The average Bonchev–Trinajstić information content (AvgIpc) is 2.70. The molecule has 19 heavy (non-hydrogen) atoms. The number of sulfonamides is 1. The van der Waals surface area contributed by atoms with Crippen LogP contribution in [0.3, 0.4) is 0 Å². The number of rotatable bonds is 3. The van der Waals surface area contributed by atoms with E-state index in [1.165, 1.54) is 21.1 Å². The maximum atomic E-state index is 12.3. The zero-order valence-electron chi connectivity index (χ0n) is 10.5. The lowest BCUT2D eigenvalue weighted by atomic mass is 10.5. The molecule has 2 rings (SSSR count). The molecule has 1 aromatic heterocycles. The van der Waals surface area contributed by atoms with Crippen molar-refractivity contribution in [1.82, 2.24) is 8.87 Å². The summed E-state index contributed by atoms with van der Waals surface area (Å²) in [4.78, 5) is 0.0818. The van der Waals surface area contributed by atoms with Gasteiger partial charge in [-0.05, 0) is 6.07 Å². The van der Waals surface area contributed by atoms with Crippen molar-refractivity contribution < 1.29 is 21.9 Å². The van der Waals surface area contributed by atoms with Gasteiger partial charge >= 0.3 is 0 Å². The summed E-state index contributed by atoms with van der Waals surface area (Å²) in [5.41, 5.74) is 0.489. The van der Waals surface area contributed by atoms with Crippen molar-refractivity contribution in [2.75, 3.05) is 24.6 Å². The van der Waals surface area contributed by atoms with Gasteiger partial charge < -0.3 is 9.67 Å². The van der Waals surface area contributed by atoms with Gasteiger partial charge in [-0.2, -0.15) is 4.31 Å². The fourth-order valence-electron chi connectivity index (χ4n) is 1.96. The zero-order chi connectivity index (χ0) is 14.3. The minimum atomic E-state index is -3.69. The largest absolute Gasteiger partial charge is 0.390 e. The normalized spacial score (nSPS) is 20.5. The van der Waals surface area contributed by atoms with Gasteiger partial charge in [0.1, 0.15) is 4.90 Å². The van der Waals surface area contributed by atoms with E-state index < -0.39 is 19.9 Å². The van der Waals surface area contributed by atoms with Crippen molar-refractivity contribution in [2.45, 2.75) is 11.5 Å². The van der Waals surface area contributed by atoms with Crippen molar-refractivity contribution in [3.8, 4) is 0 Å². The number of hydrogen-bond acceptors (Lipinski definition) is 5. The summed E-state index contributed by atoms with van der Waals surface area (Å²) in [6.45, 7) is -0.289. The summed E-state index contributed by atoms with van der Waals surface area (Å²) < 4.78 is 49.9. The summed E-state index contributed by atoms with van der Waals surface area (Å²) in [5, 5.41) is 9.07. The number of aromatic nitrogens is 1. The molecule has 1 aromatic rings. The topological polar surface area (TPSA) is 96.7 Å². The Hall–Kier alpha value is -0.900. The van der Waals surface area contributed by atoms with Gasteiger partial charge in [-0.1, -0.05) is 0 Å². The third kappa shape index (κ3) is 2.83. The van der Waals surface area contributed by atoms with Crippen molar-refractivity contribution in [1.29, 1.82) is 0 Å². The second-order valence-electron chi connectivity index (χ2n) is 4.49. The molecule has 0 aliphatic carbocycles. The van der Waals surface area contributed by atoms with E-state index in [9.17, 15) is 16.8 Å². The lowest BCUT2D eigenvalue weighted by molar-refractivity contribution is 0.272. The van der Waals surface area contributed by atoms with Crippen LogP contribution in [0.4, 0.5) is 0 Å². The standard InChI is InChI=1S/C10H16N2O5S2/c1-11-7-10(6-9(11)8-13)19(16,17)12-2-4-18(14,15)5-3-12/h6-7,13H,2-5,8H2,1H3. The van der Waals surface area contributed by atoms with Gasteiger partial charge in [0, 0.05) is 32.0 Å². The number of aliphatic hydroxyl groups is 1. The van der Waals surface area contributed by atoms with Gasteiger partial charge in [0.2, 0.25) is 10.0 Å². The van der Waals surface area contributed by atoms with Crippen molar-refractivity contribution in [3.63, 3.8) is 0 Å². The van der Waals surface area contributed by atoms with E-state index >= 15 is 0 Å². The number of aryl methyl sites for hydroxylation is 1. The number of sulfone groups is 1. The van der Waals surface area contributed by atoms with E-state index in [0.29, 0.717) is 5.69 Å². The molecule has 1 saturated heterocycles. The lowest BCUT2D eigenvalue weighted by Gasteiger charge is -2.25.